The number of nitrogens with one attached hydrogen (secondary N) is 1. The Morgan fingerprint density at radius 2 is 1.93 bits per heavy atom. The fourth-order valence-corrected chi connectivity index (χ4v) is 2.83. The molecule has 28 heavy (non-hydrogen) atoms. The molecule has 0 aliphatic heterocycles. The van der Waals surface area contributed by atoms with Gasteiger partial charge in [-0.2, -0.15) is 0 Å². The van der Waals surface area contributed by atoms with Crippen molar-refractivity contribution >= 4 is 0 Å². The number of halogens is 1. The minimum Gasteiger partial charge on any atom is -0.494 e. The van der Waals surface area contributed by atoms with E-state index in [4.69, 9.17) is 9.26 Å². The van der Waals surface area contributed by atoms with Gasteiger partial charge in [-0.1, -0.05) is 35.5 Å². The van der Waals surface area contributed by atoms with Gasteiger partial charge < -0.3 is 14.2 Å². The van der Waals surface area contributed by atoms with Gasteiger partial charge in [-0.15, -0.1) is 0 Å². The van der Waals surface area contributed by atoms with Crippen LogP contribution >= 0.6 is 0 Å². The van der Waals surface area contributed by atoms with Crippen molar-refractivity contribution in [2.24, 2.45) is 0 Å². The molecule has 0 unspecified atom stereocenters. The number of nitrogens with zero attached hydrogens (tertiary/aromatic N) is 2. The molecule has 6 nitrogen and oxygen atoms in total. The maximum atomic E-state index is 13.6. The number of aromatic amines is 1. The summed E-state index contributed by atoms with van der Waals surface area (Å²) in [5, 5.41) is 4.00. The molecule has 7 heteroatoms. The SMILES string of the molecule is COc1cc(-c2cc(Cc3cnc(-c4ccccc4)[nH]c3=O)no2)ccc1F. The van der Waals surface area contributed by atoms with Crippen LogP contribution in [0.4, 0.5) is 4.39 Å². The minimum atomic E-state index is -0.456. The van der Waals surface area contributed by atoms with E-state index < -0.39 is 5.82 Å². The quantitative estimate of drug-likeness (QED) is 0.572. The van der Waals surface area contributed by atoms with Crippen LogP contribution in [0, 0.1) is 5.82 Å². The topological polar surface area (TPSA) is 81.0 Å². The fourth-order valence-electron chi connectivity index (χ4n) is 2.83. The summed E-state index contributed by atoms with van der Waals surface area (Å²) in [6, 6.07) is 15.5. The highest BCUT2D eigenvalue weighted by Crippen LogP contribution is 2.27. The van der Waals surface area contributed by atoms with E-state index >= 15 is 0 Å². The third-order valence-corrected chi connectivity index (χ3v) is 4.29. The largest absolute Gasteiger partial charge is 0.494 e. The van der Waals surface area contributed by atoms with Crippen LogP contribution in [0.25, 0.3) is 22.7 Å². The molecule has 0 amide bonds. The second kappa shape index (κ2) is 7.48. The highest BCUT2D eigenvalue weighted by atomic mass is 19.1. The maximum absolute atomic E-state index is 13.6. The van der Waals surface area contributed by atoms with E-state index in [9.17, 15) is 9.18 Å². The van der Waals surface area contributed by atoms with Crippen LogP contribution in [-0.2, 0) is 6.42 Å². The second-order valence-electron chi connectivity index (χ2n) is 6.16. The molecule has 0 saturated heterocycles. The Hall–Kier alpha value is -3.74. The molecule has 1 N–H and O–H groups in total. The lowest BCUT2D eigenvalue weighted by Gasteiger charge is -2.02. The summed E-state index contributed by atoms with van der Waals surface area (Å²) in [7, 11) is 1.40. The normalized spacial score (nSPS) is 10.8. The molecular weight excluding hydrogens is 361 g/mol. The molecule has 0 aliphatic rings. The van der Waals surface area contributed by atoms with Gasteiger partial charge in [0, 0.05) is 35.4 Å². The summed E-state index contributed by atoms with van der Waals surface area (Å²) < 4.78 is 23.9. The van der Waals surface area contributed by atoms with E-state index in [0.717, 1.165) is 5.56 Å². The lowest BCUT2D eigenvalue weighted by molar-refractivity contribution is 0.386. The highest BCUT2D eigenvalue weighted by molar-refractivity contribution is 5.60. The van der Waals surface area contributed by atoms with E-state index in [0.29, 0.717) is 28.4 Å². The van der Waals surface area contributed by atoms with Gasteiger partial charge in [0.2, 0.25) is 0 Å². The van der Waals surface area contributed by atoms with Gasteiger partial charge in [0.1, 0.15) is 5.82 Å². The summed E-state index contributed by atoms with van der Waals surface area (Å²) in [6.45, 7) is 0. The number of rotatable bonds is 5. The summed E-state index contributed by atoms with van der Waals surface area (Å²) >= 11 is 0. The number of benzene rings is 2. The third kappa shape index (κ3) is 3.55. The molecular formula is C21H16FN3O3. The lowest BCUT2D eigenvalue weighted by atomic mass is 10.1. The van der Waals surface area contributed by atoms with Crippen LogP contribution in [0.3, 0.4) is 0 Å². The van der Waals surface area contributed by atoms with E-state index in [2.05, 4.69) is 15.1 Å². The van der Waals surface area contributed by atoms with Crippen molar-refractivity contribution in [3.63, 3.8) is 0 Å². The smallest absolute Gasteiger partial charge is 0.254 e. The van der Waals surface area contributed by atoms with Crippen molar-refractivity contribution in [1.82, 2.24) is 15.1 Å². The van der Waals surface area contributed by atoms with Gasteiger partial charge >= 0.3 is 0 Å². The van der Waals surface area contributed by atoms with Gasteiger partial charge in [0.15, 0.2) is 17.3 Å². The standard InChI is InChI=1S/C21H16FN3O3/c1-27-19-10-14(7-8-17(19)22)18-11-16(25-28-18)9-15-12-23-20(24-21(15)26)13-5-3-2-4-6-13/h2-8,10-12H,9H2,1H3,(H,23,24,26). The van der Waals surface area contributed by atoms with E-state index in [1.54, 1.807) is 12.1 Å². The highest BCUT2D eigenvalue weighted by Gasteiger charge is 2.13. The number of ether oxygens (including phenoxy) is 1. The van der Waals surface area contributed by atoms with Crippen LogP contribution in [0.15, 0.2) is 70.1 Å². The minimum absolute atomic E-state index is 0.118. The Morgan fingerprint density at radius 1 is 1.11 bits per heavy atom. The molecule has 2 aromatic carbocycles. The van der Waals surface area contributed by atoms with Gasteiger partial charge in [-0.3, -0.25) is 4.79 Å². The Bertz CT molecular complexity index is 1170. The number of H-pyrrole nitrogens is 1. The second-order valence-corrected chi connectivity index (χ2v) is 6.16. The van der Waals surface area contributed by atoms with Crippen molar-refractivity contribution in [3.8, 4) is 28.5 Å². The zero-order valence-electron chi connectivity index (χ0n) is 15.0. The zero-order chi connectivity index (χ0) is 19.5. The summed E-state index contributed by atoms with van der Waals surface area (Å²) in [6.07, 6.45) is 1.80. The number of methoxy groups -OCH3 is 1. The number of hydrogen-bond acceptors (Lipinski definition) is 5. The van der Waals surface area contributed by atoms with E-state index in [1.165, 1.54) is 25.4 Å². The number of hydrogen-bond donors (Lipinski definition) is 1. The van der Waals surface area contributed by atoms with Crippen LogP contribution in [-0.4, -0.2) is 22.2 Å². The average molecular weight is 377 g/mol. The Kier molecular flexibility index (Phi) is 4.72. The Balaban J connectivity index is 1.57. The fraction of sp³-hybridized carbons (Fsp3) is 0.0952. The molecule has 4 rings (SSSR count). The first-order valence-electron chi connectivity index (χ1n) is 8.57. The summed E-state index contributed by atoms with van der Waals surface area (Å²) in [5.41, 5.74) is 2.26. The summed E-state index contributed by atoms with van der Waals surface area (Å²) in [5.74, 6) is 0.627. The van der Waals surface area contributed by atoms with Crippen molar-refractivity contribution in [1.29, 1.82) is 0 Å². The van der Waals surface area contributed by atoms with Crippen LogP contribution < -0.4 is 10.3 Å². The number of aromatic nitrogens is 3. The van der Waals surface area contributed by atoms with Crippen molar-refractivity contribution in [2.75, 3.05) is 7.11 Å². The predicted molar refractivity (Wildman–Crippen MR) is 102 cm³/mol. The van der Waals surface area contributed by atoms with Crippen molar-refractivity contribution in [3.05, 3.63) is 88.2 Å². The molecule has 0 saturated carbocycles. The van der Waals surface area contributed by atoms with Crippen molar-refractivity contribution in [2.45, 2.75) is 6.42 Å². The molecule has 0 spiro atoms. The lowest BCUT2D eigenvalue weighted by Crippen LogP contribution is -2.15. The Labute approximate surface area is 159 Å². The van der Waals surface area contributed by atoms with Crippen LogP contribution in [0.2, 0.25) is 0 Å². The predicted octanol–water partition coefficient (Wildman–Crippen LogP) is 3.83. The molecule has 140 valence electrons. The van der Waals surface area contributed by atoms with Crippen molar-refractivity contribution < 1.29 is 13.7 Å². The van der Waals surface area contributed by atoms with Gasteiger partial charge in [0.05, 0.1) is 12.8 Å². The molecule has 2 heterocycles. The van der Waals surface area contributed by atoms with Gasteiger partial charge in [-0.05, 0) is 18.2 Å². The van der Waals surface area contributed by atoms with Crippen LogP contribution in [0.5, 0.6) is 5.75 Å². The first-order valence-corrected chi connectivity index (χ1v) is 8.57. The zero-order valence-corrected chi connectivity index (χ0v) is 15.0. The first kappa shape index (κ1) is 17.7. The van der Waals surface area contributed by atoms with E-state index in [-0.39, 0.29) is 17.7 Å². The molecule has 0 fully saturated rings. The Morgan fingerprint density at radius 3 is 2.68 bits per heavy atom. The average Bonchev–Trinajstić information content (AvgIpc) is 3.19. The first-order chi connectivity index (χ1) is 13.6. The van der Waals surface area contributed by atoms with Gasteiger partial charge in [-0.25, -0.2) is 9.37 Å². The third-order valence-electron chi connectivity index (χ3n) is 4.29. The van der Waals surface area contributed by atoms with E-state index in [1.807, 2.05) is 30.3 Å². The van der Waals surface area contributed by atoms with Crippen LogP contribution in [0.1, 0.15) is 11.3 Å². The molecule has 2 aromatic heterocycles. The van der Waals surface area contributed by atoms with Gasteiger partial charge in [0.25, 0.3) is 5.56 Å². The molecule has 0 radical (unpaired) electrons. The summed E-state index contributed by atoms with van der Waals surface area (Å²) in [4.78, 5) is 19.5. The monoisotopic (exact) mass is 377 g/mol. The molecule has 0 atom stereocenters. The molecule has 0 bridgehead atoms. The maximum Gasteiger partial charge on any atom is 0.254 e. The molecule has 4 aromatic rings. The molecule has 0 aliphatic carbocycles.